The zero-order valence-electron chi connectivity index (χ0n) is 14.4. The third-order valence-corrected chi connectivity index (χ3v) is 4.43. The Balaban J connectivity index is 2.15. The van der Waals surface area contributed by atoms with Crippen LogP contribution in [0.25, 0.3) is 0 Å². The molecule has 7 nitrogen and oxygen atoms in total. The lowest BCUT2D eigenvalue weighted by Gasteiger charge is -2.16. The van der Waals surface area contributed by atoms with Crippen molar-refractivity contribution in [2.24, 2.45) is 11.0 Å². The van der Waals surface area contributed by atoms with Gasteiger partial charge in [0.05, 0.1) is 22.4 Å². The fourth-order valence-electron chi connectivity index (χ4n) is 2.10. The van der Waals surface area contributed by atoms with Crippen LogP contribution in [0.1, 0.15) is 24.3 Å². The SMILES string of the molecule is Cc1sc(Cl)cc1/C(=N\N(C=O)CC(=O)Nc1ncc(F)cn1)C(C)C. The Labute approximate surface area is 158 Å². The normalized spacial score (nSPS) is 11.5. The van der Waals surface area contributed by atoms with E-state index in [9.17, 15) is 14.0 Å². The molecular weight excluding hydrogens is 381 g/mol. The molecule has 0 fully saturated rings. The van der Waals surface area contributed by atoms with Crippen molar-refractivity contribution in [3.05, 3.63) is 39.1 Å². The summed E-state index contributed by atoms with van der Waals surface area (Å²) in [5.74, 6) is -1.23. The maximum absolute atomic E-state index is 12.8. The van der Waals surface area contributed by atoms with Crippen LogP contribution in [0, 0.1) is 18.7 Å². The molecular formula is C16H17ClFN5O2S. The summed E-state index contributed by atoms with van der Waals surface area (Å²) in [6.07, 6.45) is 2.31. The zero-order valence-corrected chi connectivity index (χ0v) is 15.9. The molecule has 2 heterocycles. The maximum Gasteiger partial charge on any atom is 0.248 e. The summed E-state index contributed by atoms with van der Waals surface area (Å²) in [7, 11) is 0. The highest BCUT2D eigenvalue weighted by Gasteiger charge is 2.17. The van der Waals surface area contributed by atoms with Gasteiger partial charge < -0.3 is 0 Å². The average molecular weight is 398 g/mol. The van der Waals surface area contributed by atoms with Gasteiger partial charge in [-0.1, -0.05) is 25.4 Å². The van der Waals surface area contributed by atoms with Crippen molar-refractivity contribution in [2.45, 2.75) is 20.8 Å². The van der Waals surface area contributed by atoms with Crippen LogP contribution in [0.2, 0.25) is 4.34 Å². The second kappa shape index (κ2) is 8.81. The first-order valence-corrected chi connectivity index (χ1v) is 8.83. The Morgan fingerprint density at radius 2 is 2.12 bits per heavy atom. The summed E-state index contributed by atoms with van der Waals surface area (Å²) in [6, 6.07) is 1.79. The molecule has 138 valence electrons. The van der Waals surface area contributed by atoms with E-state index in [1.807, 2.05) is 20.8 Å². The number of aryl methyl sites for hydroxylation is 1. The molecule has 0 aliphatic heterocycles. The number of hydrogen-bond donors (Lipinski definition) is 1. The van der Waals surface area contributed by atoms with Gasteiger partial charge in [0, 0.05) is 10.4 Å². The van der Waals surface area contributed by atoms with E-state index in [0.29, 0.717) is 16.5 Å². The molecule has 26 heavy (non-hydrogen) atoms. The lowest BCUT2D eigenvalue weighted by atomic mass is 10.0. The number of hydrazone groups is 1. The average Bonchev–Trinajstić information content (AvgIpc) is 2.91. The van der Waals surface area contributed by atoms with Crippen LogP contribution in [0.15, 0.2) is 23.6 Å². The maximum atomic E-state index is 12.8. The van der Waals surface area contributed by atoms with Crippen LogP contribution in [0.4, 0.5) is 10.3 Å². The second-order valence-corrected chi connectivity index (χ2v) is 7.52. The Morgan fingerprint density at radius 3 is 2.62 bits per heavy atom. The van der Waals surface area contributed by atoms with Crippen LogP contribution in [-0.2, 0) is 9.59 Å². The van der Waals surface area contributed by atoms with Crippen LogP contribution in [0.3, 0.4) is 0 Å². The quantitative estimate of drug-likeness (QED) is 0.441. The van der Waals surface area contributed by atoms with Crippen molar-refractivity contribution >= 4 is 46.9 Å². The molecule has 0 saturated heterocycles. The highest BCUT2D eigenvalue weighted by molar-refractivity contribution is 7.16. The fraction of sp³-hybridized carbons (Fsp3) is 0.312. The molecule has 10 heteroatoms. The number of halogens is 2. The predicted molar refractivity (Wildman–Crippen MR) is 98.8 cm³/mol. The summed E-state index contributed by atoms with van der Waals surface area (Å²) in [5, 5.41) is 7.66. The predicted octanol–water partition coefficient (Wildman–Crippen LogP) is 3.10. The minimum Gasteiger partial charge on any atom is -0.293 e. The second-order valence-electron chi connectivity index (χ2n) is 5.64. The molecule has 2 aromatic rings. The van der Waals surface area contributed by atoms with E-state index in [0.717, 1.165) is 27.8 Å². The molecule has 0 radical (unpaired) electrons. The van der Waals surface area contributed by atoms with E-state index in [-0.39, 0.29) is 18.4 Å². The third kappa shape index (κ3) is 5.30. The van der Waals surface area contributed by atoms with Crippen molar-refractivity contribution < 1.29 is 14.0 Å². The van der Waals surface area contributed by atoms with Gasteiger partial charge in [0.25, 0.3) is 0 Å². The largest absolute Gasteiger partial charge is 0.293 e. The van der Waals surface area contributed by atoms with Gasteiger partial charge >= 0.3 is 0 Å². The number of amides is 2. The van der Waals surface area contributed by atoms with Crippen LogP contribution < -0.4 is 5.32 Å². The van der Waals surface area contributed by atoms with Crippen LogP contribution >= 0.6 is 22.9 Å². The molecule has 0 spiro atoms. The van der Waals surface area contributed by atoms with E-state index in [1.54, 1.807) is 6.07 Å². The summed E-state index contributed by atoms with van der Waals surface area (Å²) >= 11 is 7.46. The fourth-order valence-corrected chi connectivity index (χ4v) is 3.30. The van der Waals surface area contributed by atoms with Gasteiger partial charge in [-0.15, -0.1) is 11.3 Å². The molecule has 0 atom stereocenters. The highest BCUT2D eigenvalue weighted by Crippen LogP contribution is 2.28. The highest BCUT2D eigenvalue weighted by atomic mass is 35.5. The van der Waals surface area contributed by atoms with Crippen molar-refractivity contribution in [2.75, 3.05) is 11.9 Å². The molecule has 0 saturated carbocycles. The van der Waals surface area contributed by atoms with Gasteiger partial charge in [-0.2, -0.15) is 5.10 Å². The summed E-state index contributed by atoms with van der Waals surface area (Å²) < 4.78 is 13.4. The van der Waals surface area contributed by atoms with E-state index in [2.05, 4.69) is 20.4 Å². The van der Waals surface area contributed by atoms with Gasteiger partial charge in [-0.05, 0) is 18.9 Å². The van der Waals surface area contributed by atoms with E-state index >= 15 is 0 Å². The smallest absolute Gasteiger partial charge is 0.248 e. The number of nitrogens with one attached hydrogen (secondary N) is 1. The summed E-state index contributed by atoms with van der Waals surface area (Å²) in [5.41, 5.74) is 1.48. The standard InChI is InChI=1S/C16H17ClFN5O2S/c1-9(2)15(12-4-13(17)26-10(12)3)22-23(8-24)7-14(25)21-16-19-5-11(18)6-20-16/h4-6,8-9H,7H2,1-3H3,(H,19,20,21,25)/b22-15-. The Bertz CT molecular complexity index is 823. The van der Waals surface area contributed by atoms with E-state index in [4.69, 9.17) is 11.6 Å². The van der Waals surface area contributed by atoms with E-state index in [1.165, 1.54) is 11.3 Å². The molecule has 0 aromatic carbocycles. The Hall–Kier alpha value is -2.39. The zero-order chi connectivity index (χ0) is 19.3. The number of hydrogen-bond acceptors (Lipinski definition) is 6. The first kappa shape index (κ1) is 19.9. The number of anilines is 1. The molecule has 1 N–H and O–H groups in total. The van der Waals surface area contributed by atoms with Gasteiger partial charge in [-0.3, -0.25) is 14.9 Å². The van der Waals surface area contributed by atoms with Crippen molar-refractivity contribution in [1.29, 1.82) is 0 Å². The number of carbonyl (C=O) groups is 2. The molecule has 0 unspecified atom stereocenters. The molecule has 0 aliphatic rings. The lowest BCUT2D eigenvalue weighted by Crippen LogP contribution is -2.31. The van der Waals surface area contributed by atoms with Gasteiger partial charge in [0.15, 0.2) is 5.82 Å². The minimum absolute atomic E-state index is 0.00492. The number of rotatable bonds is 7. The third-order valence-electron chi connectivity index (χ3n) is 3.25. The topological polar surface area (TPSA) is 87.5 Å². The molecule has 2 rings (SSSR count). The van der Waals surface area contributed by atoms with Crippen molar-refractivity contribution in [1.82, 2.24) is 15.0 Å². The number of nitrogens with zero attached hydrogens (tertiary/aromatic N) is 4. The van der Waals surface area contributed by atoms with Gasteiger partial charge in [0.1, 0.15) is 6.54 Å². The Kier molecular flexibility index (Phi) is 6.76. The summed E-state index contributed by atoms with van der Waals surface area (Å²) in [6.45, 7) is 5.43. The Morgan fingerprint density at radius 1 is 1.46 bits per heavy atom. The van der Waals surface area contributed by atoms with Gasteiger partial charge in [0.2, 0.25) is 18.3 Å². The lowest BCUT2D eigenvalue weighted by molar-refractivity contribution is -0.125. The molecule has 0 aliphatic carbocycles. The minimum atomic E-state index is -0.617. The first-order chi connectivity index (χ1) is 12.3. The van der Waals surface area contributed by atoms with Crippen LogP contribution in [-0.4, -0.2) is 39.6 Å². The molecule has 2 aromatic heterocycles. The first-order valence-electron chi connectivity index (χ1n) is 7.64. The van der Waals surface area contributed by atoms with Crippen LogP contribution in [0.5, 0.6) is 0 Å². The number of aromatic nitrogens is 2. The number of carbonyl (C=O) groups excluding carboxylic acids is 2. The molecule has 2 amide bonds. The molecule has 0 bridgehead atoms. The van der Waals surface area contributed by atoms with Crippen molar-refractivity contribution in [3.63, 3.8) is 0 Å². The number of thiophene rings is 1. The van der Waals surface area contributed by atoms with Gasteiger partial charge in [-0.25, -0.2) is 19.4 Å². The van der Waals surface area contributed by atoms with E-state index < -0.39 is 11.7 Å². The summed E-state index contributed by atoms with van der Waals surface area (Å²) in [4.78, 5) is 31.6. The van der Waals surface area contributed by atoms with Crippen molar-refractivity contribution in [3.8, 4) is 0 Å². The monoisotopic (exact) mass is 397 g/mol.